The van der Waals surface area contributed by atoms with Gasteiger partial charge in [0.25, 0.3) is 0 Å². The fourth-order valence-corrected chi connectivity index (χ4v) is 2.74. The lowest BCUT2D eigenvalue weighted by Crippen LogP contribution is -2.28. The molecule has 0 radical (unpaired) electrons. The summed E-state index contributed by atoms with van der Waals surface area (Å²) in [5.41, 5.74) is 2.03. The highest BCUT2D eigenvalue weighted by Crippen LogP contribution is 2.26. The third-order valence-electron chi connectivity index (χ3n) is 3.93. The van der Waals surface area contributed by atoms with E-state index in [0.29, 0.717) is 12.3 Å². The first-order valence-corrected chi connectivity index (χ1v) is 6.79. The Morgan fingerprint density at radius 2 is 2.26 bits per heavy atom. The number of carbonyl (C=O) groups is 1. The zero-order valence-electron chi connectivity index (χ0n) is 11.1. The summed E-state index contributed by atoms with van der Waals surface area (Å²) in [6, 6.07) is 8.06. The zero-order chi connectivity index (χ0) is 13.2. The van der Waals surface area contributed by atoms with Gasteiger partial charge < -0.3 is 15.2 Å². The molecular formula is C15H19N3O. The lowest BCUT2D eigenvalue weighted by Gasteiger charge is -2.18. The van der Waals surface area contributed by atoms with E-state index in [1.54, 1.807) is 4.90 Å². The van der Waals surface area contributed by atoms with Crippen molar-refractivity contribution < 1.29 is 4.79 Å². The second-order valence-corrected chi connectivity index (χ2v) is 5.24. The van der Waals surface area contributed by atoms with E-state index >= 15 is 0 Å². The van der Waals surface area contributed by atoms with Gasteiger partial charge in [0.15, 0.2) is 0 Å². The number of amides is 1. The number of rotatable bonds is 3. The van der Waals surface area contributed by atoms with Gasteiger partial charge in [0, 0.05) is 30.6 Å². The van der Waals surface area contributed by atoms with Crippen LogP contribution in [0.1, 0.15) is 12.8 Å². The average Bonchev–Trinajstić information content (AvgIpc) is 3.06. The molecule has 1 aromatic carbocycles. The minimum atomic E-state index is 0.193. The predicted molar refractivity (Wildman–Crippen MR) is 77.3 cm³/mol. The first-order valence-electron chi connectivity index (χ1n) is 6.79. The smallest absolute Gasteiger partial charge is 0.227 e. The first kappa shape index (κ1) is 12.2. The molecule has 1 amide bonds. The molecule has 1 saturated heterocycles. The molecule has 4 nitrogen and oxygen atoms in total. The molecule has 3 rings (SSSR count). The minimum Gasteiger partial charge on any atom is -0.359 e. The molecule has 1 fully saturated rings. The Morgan fingerprint density at radius 3 is 3.05 bits per heavy atom. The number of fused-ring (bicyclic) bond motifs is 1. The van der Waals surface area contributed by atoms with Crippen molar-refractivity contribution in [2.75, 3.05) is 25.0 Å². The highest BCUT2D eigenvalue weighted by atomic mass is 16.2. The van der Waals surface area contributed by atoms with Crippen LogP contribution in [0.4, 0.5) is 5.69 Å². The fourth-order valence-electron chi connectivity index (χ4n) is 2.74. The summed E-state index contributed by atoms with van der Waals surface area (Å²) in [7, 11) is 1.86. The maximum absolute atomic E-state index is 12.3. The SMILES string of the molecule is CN(C(=O)CC1CCNC1)c1c[nH]c2ccccc12. The molecule has 2 N–H and O–H groups in total. The van der Waals surface area contributed by atoms with E-state index in [0.717, 1.165) is 36.1 Å². The van der Waals surface area contributed by atoms with Gasteiger partial charge in [-0.3, -0.25) is 4.79 Å². The van der Waals surface area contributed by atoms with Crippen molar-refractivity contribution in [1.82, 2.24) is 10.3 Å². The standard InChI is InChI=1S/C15H19N3O/c1-18(15(19)8-11-6-7-16-9-11)14-10-17-13-5-3-2-4-12(13)14/h2-5,10-11,16-17H,6-9H2,1H3. The number of nitrogens with zero attached hydrogens (tertiary/aromatic N) is 1. The molecule has 19 heavy (non-hydrogen) atoms. The van der Waals surface area contributed by atoms with Crippen molar-refractivity contribution in [3.05, 3.63) is 30.5 Å². The summed E-state index contributed by atoms with van der Waals surface area (Å²) >= 11 is 0. The van der Waals surface area contributed by atoms with Gasteiger partial charge in [-0.25, -0.2) is 0 Å². The number of aromatic nitrogens is 1. The summed E-state index contributed by atoms with van der Waals surface area (Å²) in [5.74, 6) is 0.679. The highest BCUT2D eigenvalue weighted by molar-refractivity contribution is 6.02. The van der Waals surface area contributed by atoms with Crippen LogP contribution in [0.2, 0.25) is 0 Å². The van der Waals surface area contributed by atoms with Gasteiger partial charge >= 0.3 is 0 Å². The number of nitrogens with one attached hydrogen (secondary N) is 2. The van der Waals surface area contributed by atoms with E-state index in [-0.39, 0.29) is 5.91 Å². The molecule has 1 atom stereocenters. The normalized spacial score (nSPS) is 18.9. The molecule has 0 saturated carbocycles. The van der Waals surface area contributed by atoms with Crippen LogP contribution in [0.15, 0.2) is 30.5 Å². The van der Waals surface area contributed by atoms with Crippen molar-refractivity contribution in [1.29, 1.82) is 0 Å². The maximum Gasteiger partial charge on any atom is 0.227 e. The Morgan fingerprint density at radius 1 is 1.42 bits per heavy atom. The molecule has 4 heteroatoms. The third kappa shape index (κ3) is 2.36. The zero-order valence-corrected chi connectivity index (χ0v) is 11.1. The Labute approximate surface area is 112 Å². The average molecular weight is 257 g/mol. The van der Waals surface area contributed by atoms with E-state index in [9.17, 15) is 4.79 Å². The van der Waals surface area contributed by atoms with Crippen LogP contribution in [0.25, 0.3) is 10.9 Å². The van der Waals surface area contributed by atoms with E-state index in [4.69, 9.17) is 0 Å². The first-order chi connectivity index (χ1) is 9.25. The second kappa shape index (κ2) is 5.05. The lowest BCUT2D eigenvalue weighted by molar-refractivity contribution is -0.119. The molecule has 1 aliphatic heterocycles. The lowest BCUT2D eigenvalue weighted by atomic mass is 10.0. The van der Waals surface area contributed by atoms with Crippen molar-refractivity contribution >= 4 is 22.5 Å². The molecule has 2 heterocycles. The summed E-state index contributed by atoms with van der Waals surface area (Å²) in [5, 5.41) is 4.40. The monoisotopic (exact) mass is 257 g/mol. The fraction of sp³-hybridized carbons (Fsp3) is 0.400. The third-order valence-corrected chi connectivity index (χ3v) is 3.93. The van der Waals surface area contributed by atoms with Gasteiger partial charge in [-0.05, 0) is 31.5 Å². The number of hydrogen-bond donors (Lipinski definition) is 2. The number of anilines is 1. The predicted octanol–water partition coefficient (Wildman–Crippen LogP) is 2.13. The van der Waals surface area contributed by atoms with Crippen LogP contribution in [-0.2, 0) is 4.79 Å². The number of benzene rings is 1. The van der Waals surface area contributed by atoms with E-state index in [2.05, 4.69) is 10.3 Å². The summed E-state index contributed by atoms with van der Waals surface area (Å²) in [6.07, 6.45) is 3.64. The number of hydrogen-bond acceptors (Lipinski definition) is 2. The summed E-state index contributed by atoms with van der Waals surface area (Å²) in [4.78, 5) is 17.3. The topological polar surface area (TPSA) is 48.1 Å². The summed E-state index contributed by atoms with van der Waals surface area (Å²) < 4.78 is 0. The molecule has 0 spiro atoms. The van der Waals surface area contributed by atoms with E-state index in [1.165, 1.54) is 0 Å². The highest BCUT2D eigenvalue weighted by Gasteiger charge is 2.21. The molecule has 1 unspecified atom stereocenters. The Bertz CT molecular complexity index is 584. The van der Waals surface area contributed by atoms with Gasteiger partial charge in [0.2, 0.25) is 5.91 Å². The molecule has 100 valence electrons. The van der Waals surface area contributed by atoms with Gasteiger partial charge in [0.05, 0.1) is 5.69 Å². The van der Waals surface area contributed by atoms with Crippen LogP contribution in [0.3, 0.4) is 0 Å². The van der Waals surface area contributed by atoms with Crippen molar-refractivity contribution in [2.24, 2.45) is 5.92 Å². The van der Waals surface area contributed by atoms with Crippen LogP contribution >= 0.6 is 0 Å². The van der Waals surface area contributed by atoms with Crippen LogP contribution in [0, 0.1) is 5.92 Å². The molecular weight excluding hydrogens is 238 g/mol. The van der Waals surface area contributed by atoms with Gasteiger partial charge in [-0.15, -0.1) is 0 Å². The van der Waals surface area contributed by atoms with Crippen molar-refractivity contribution in [2.45, 2.75) is 12.8 Å². The van der Waals surface area contributed by atoms with Crippen LogP contribution in [-0.4, -0.2) is 31.0 Å². The number of aromatic amines is 1. The largest absolute Gasteiger partial charge is 0.359 e. The minimum absolute atomic E-state index is 0.193. The van der Waals surface area contributed by atoms with Crippen LogP contribution < -0.4 is 10.2 Å². The molecule has 1 aliphatic rings. The Kier molecular flexibility index (Phi) is 3.25. The number of para-hydroxylation sites is 1. The maximum atomic E-state index is 12.3. The molecule has 0 bridgehead atoms. The van der Waals surface area contributed by atoms with E-state index in [1.807, 2.05) is 37.5 Å². The molecule has 1 aromatic heterocycles. The number of carbonyl (C=O) groups excluding carboxylic acids is 1. The Hall–Kier alpha value is -1.81. The van der Waals surface area contributed by atoms with Gasteiger partial charge in [0.1, 0.15) is 0 Å². The second-order valence-electron chi connectivity index (χ2n) is 5.24. The number of H-pyrrole nitrogens is 1. The van der Waals surface area contributed by atoms with Gasteiger partial charge in [-0.2, -0.15) is 0 Å². The Balaban J connectivity index is 1.78. The van der Waals surface area contributed by atoms with Crippen LogP contribution in [0.5, 0.6) is 0 Å². The molecule has 0 aliphatic carbocycles. The quantitative estimate of drug-likeness (QED) is 0.885. The van der Waals surface area contributed by atoms with Gasteiger partial charge in [-0.1, -0.05) is 18.2 Å². The molecule has 2 aromatic rings. The van der Waals surface area contributed by atoms with Crippen molar-refractivity contribution in [3.8, 4) is 0 Å². The van der Waals surface area contributed by atoms with E-state index < -0.39 is 0 Å². The van der Waals surface area contributed by atoms with Crippen molar-refractivity contribution in [3.63, 3.8) is 0 Å². The summed E-state index contributed by atoms with van der Waals surface area (Å²) in [6.45, 7) is 2.00.